The van der Waals surface area contributed by atoms with Gasteiger partial charge in [-0.15, -0.1) is 11.8 Å². The molecule has 11 heteroatoms. The van der Waals surface area contributed by atoms with Crippen LogP contribution in [-0.2, 0) is 23.9 Å². The number of amides is 2. The van der Waals surface area contributed by atoms with E-state index in [2.05, 4.69) is 15.4 Å². The molecule has 166 valence electrons. The van der Waals surface area contributed by atoms with E-state index < -0.39 is 52.0 Å². The van der Waals surface area contributed by atoms with Crippen LogP contribution in [0.4, 0.5) is 0 Å². The van der Waals surface area contributed by atoms with Crippen molar-refractivity contribution < 1.29 is 80.4 Å². The molecule has 1 aromatic rings. The molecule has 2 saturated heterocycles. The fraction of sp³-hybridized carbons (Fsp3) is 0.429. The van der Waals surface area contributed by atoms with Gasteiger partial charge in [0.2, 0.25) is 11.8 Å². The van der Waals surface area contributed by atoms with Gasteiger partial charge >= 0.3 is 57.4 Å². The van der Waals surface area contributed by atoms with Crippen molar-refractivity contribution in [2.45, 2.75) is 49.0 Å². The summed E-state index contributed by atoms with van der Waals surface area (Å²) in [5, 5.41) is 16.8. The fourth-order valence-corrected chi connectivity index (χ4v) is 5.43. The molecule has 2 amide bonds. The van der Waals surface area contributed by atoms with Crippen molar-refractivity contribution in [2.75, 3.05) is 7.11 Å². The van der Waals surface area contributed by atoms with Crippen molar-refractivity contribution in [3.63, 3.8) is 0 Å². The molecule has 2 aliphatic rings. The van der Waals surface area contributed by atoms with Crippen LogP contribution in [0.2, 0.25) is 0 Å². The van der Waals surface area contributed by atoms with Gasteiger partial charge in [0.25, 0.3) is 0 Å². The molecule has 1 aromatic carbocycles. The Hall–Kier alpha value is -1.37. The number of esters is 1. The first-order valence-electron chi connectivity index (χ1n) is 9.65. The molecular weight excluding hydrogens is 461 g/mol. The van der Waals surface area contributed by atoms with Gasteiger partial charge in [-0.1, -0.05) is 30.3 Å². The molecule has 0 radical (unpaired) electrons. The number of rotatable bonds is 7. The number of carboxylic acid groups (broad SMARTS) is 1. The van der Waals surface area contributed by atoms with E-state index in [4.69, 9.17) is 0 Å². The van der Waals surface area contributed by atoms with Crippen molar-refractivity contribution in [1.82, 2.24) is 15.5 Å². The van der Waals surface area contributed by atoms with E-state index in [9.17, 15) is 24.3 Å². The molecular formula is C21H24KN3O6S. The summed E-state index contributed by atoms with van der Waals surface area (Å²) in [5.74, 6) is -2.82. The number of carbonyl (C=O) groups is 4. The Morgan fingerprint density at radius 2 is 1.88 bits per heavy atom. The number of benzene rings is 1. The van der Waals surface area contributed by atoms with Crippen LogP contribution in [0.1, 0.15) is 32.4 Å². The molecule has 2 unspecified atom stereocenters. The van der Waals surface area contributed by atoms with Crippen molar-refractivity contribution in [3.05, 3.63) is 47.7 Å². The second-order valence-corrected chi connectivity index (χ2v) is 9.67. The fourth-order valence-electron chi connectivity index (χ4n) is 3.81. The minimum absolute atomic E-state index is 0. The minimum atomic E-state index is -1.31. The predicted molar refractivity (Wildman–Crippen MR) is 111 cm³/mol. The van der Waals surface area contributed by atoms with E-state index in [0.717, 1.165) is 0 Å². The minimum Gasteiger partial charge on any atom is -0.548 e. The Bertz CT molecular complexity index is 939. The first-order chi connectivity index (χ1) is 14.6. The van der Waals surface area contributed by atoms with E-state index in [1.54, 1.807) is 51.1 Å². The molecule has 2 aliphatic heterocycles. The maximum atomic E-state index is 13.1. The largest absolute Gasteiger partial charge is 1.00 e. The van der Waals surface area contributed by atoms with Crippen molar-refractivity contribution >= 4 is 35.5 Å². The number of nitrogens with zero attached hydrogens (tertiary/aromatic N) is 1. The van der Waals surface area contributed by atoms with Crippen LogP contribution in [0.3, 0.4) is 0 Å². The molecule has 3 rings (SSSR count). The smallest absolute Gasteiger partial charge is 0.548 e. The van der Waals surface area contributed by atoms with Crippen LogP contribution in [0, 0.1) is 0 Å². The number of allylic oxidation sites excluding steroid dienone is 1. The molecule has 9 nitrogen and oxygen atoms in total. The second kappa shape index (κ2) is 10.7. The summed E-state index contributed by atoms with van der Waals surface area (Å²) >= 11 is 1.32. The number of aliphatic carboxylic acids is 1. The van der Waals surface area contributed by atoms with E-state index in [0.29, 0.717) is 11.3 Å². The second-order valence-electron chi connectivity index (χ2n) is 7.90. The number of hydrogen-bond acceptors (Lipinski definition) is 8. The number of β-lactam (4-membered cyclic amide) rings is 1. The molecule has 0 aromatic heterocycles. The van der Waals surface area contributed by atoms with Crippen LogP contribution < -0.4 is 67.1 Å². The van der Waals surface area contributed by atoms with Gasteiger partial charge in [-0.3, -0.25) is 9.59 Å². The van der Waals surface area contributed by atoms with Crippen LogP contribution >= 0.6 is 11.8 Å². The van der Waals surface area contributed by atoms with Gasteiger partial charge in [0.15, 0.2) is 0 Å². The molecule has 32 heavy (non-hydrogen) atoms. The third-order valence-corrected chi connectivity index (χ3v) is 6.84. The zero-order valence-electron chi connectivity index (χ0n) is 18.6. The molecule has 2 fully saturated rings. The molecule has 0 bridgehead atoms. The Morgan fingerprint density at radius 3 is 2.44 bits per heavy atom. The summed E-state index contributed by atoms with van der Waals surface area (Å²) in [4.78, 5) is 50.1. The van der Waals surface area contributed by atoms with E-state index in [-0.39, 0.29) is 51.4 Å². The SMILES string of the molecule is COC(=O)/C=C(\C)NC(C(=O)NC1C(=O)N2[C@@H](C(=O)[O-])C(C)(C)S[C@@H]12)c1ccccc1.[K+]. The maximum absolute atomic E-state index is 13.1. The average molecular weight is 486 g/mol. The number of carboxylic acids is 1. The van der Waals surface area contributed by atoms with Gasteiger partial charge in [0.1, 0.15) is 17.5 Å². The maximum Gasteiger partial charge on any atom is 1.00 e. The molecule has 0 aliphatic carbocycles. The summed E-state index contributed by atoms with van der Waals surface area (Å²) in [6, 6.07) is 6.06. The zero-order valence-corrected chi connectivity index (χ0v) is 22.5. The quantitative estimate of drug-likeness (QED) is 0.178. The van der Waals surface area contributed by atoms with Gasteiger partial charge in [-0.05, 0) is 26.3 Å². The molecule has 2 N–H and O–H groups in total. The third kappa shape index (κ3) is 5.40. The number of thioether (sulfide) groups is 1. The Labute approximate surface area is 233 Å². The van der Waals surface area contributed by atoms with Crippen LogP contribution in [0.5, 0.6) is 0 Å². The normalized spacial score (nSPS) is 24.4. The zero-order chi connectivity index (χ0) is 22.9. The van der Waals surface area contributed by atoms with Crippen LogP contribution in [0.25, 0.3) is 0 Å². The number of hydrogen-bond donors (Lipinski definition) is 2. The molecule has 4 atom stereocenters. The monoisotopic (exact) mass is 485 g/mol. The third-order valence-electron chi connectivity index (χ3n) is 5.26. The van der Waals surface area contributed by atoms with E-state index >= 15 is 0 Å². The Kier molecular flexibility index (Phi) is 8.99. The number of carbonyl (C=O) groups excluding carboxylic acids is 4. The number of methoxy groups -OCH3 is 1. The summed E-state index contributed by atoms with van der Waals surface area (Å²) < 4.78 is 3.87. The van der Waals surface area contributed by atoms with Crippen molar-refractivity contribution in [1.29, 1.82) is 0 Å². The topological polar surface area (TPSA) is 128 Å². The van der Waals surface area contributed by atoms with E-state index in [1.807, 2.05) is 0 Å². The van der Waals surface area contributed by atoms with Gasteiger partial charge in [0, 0.05) is 16.5 Å². The molecule has 2 heterocycles. The van der Waals surface area contributed by atoms with Crippen molar-refractivity contribution in [2.24, 2.45) is 0 Å². The number of nitrogens with one attached hydrogen (secondary N) is 2. The summed E-state index contributed by atoms with van der Waals surface area (Å²) in [7, 11) is 1.25. The van der Waals surface area contributed by atoms with Gasteiger partial charge < -0.3 is 30.2 Å². The summed E-state index contributed by atoms with van der Waals surface area (Å²) in [5.41, 5.74) is 1.04. The number of fused-ring (bicyclic) bond motifs is 1. The van der Waals surface area contributed by atoms with Gasteiger partial charge in [0.05, 0.1) is 19.1 Å². The average Bonchev–Trinajstić information content (AvgIpc) is 2.98. The molecule has 0 spiro atoms. The standard InChI is InChI=1S/C21H25N3O6S.K/c1-11(10-13(25)30-4)22-14(12-8-6-5-7-9-12)17(26)23-15-18(27)24-16(20(28)29)21(2,3)31-19(15)24;/h5-10,14-16,19,22H,1-4H3,(H,23,26)(H,28,29);/q;+1/p-1/b11-10+;/t14?,15?,16-,19-;/m0./s1. The Morgan fingerprint density at radius 1 is 1.25 bits per heavy atom. The first kappa shape index (κ1) is 26.9. The molecule has 0 saturated carbocycles. The summed E-state index contributed by atoms with van der Waals surface area (Å²) in [6.45, 7) is 5.09. The summed E-state index contributed by atoms with van der Waals surface area (Å²) in [6.07, 6.45) is 1.22. The van der Waals surface area contributed by atoms with Crippen molar-refractivity contribution in [3.8, 4) is 0 Å². The first-order valence-corrected chi connectivity index (χ1v) is 10.5. The van der Waals surface area contributed by atoms with Crippen LogP contribution in [0.15, 0.2) is 42.1 Å². The van der Waals surface area contributed by atoms with Crippen LogP contribution in [-0.4, -0.2) is 58.0 Å². The Balaban J connectivity index is 0.00000363. The predicted octanol–water partition coefficient (Wildman–Crippen LogP) is -3.30. The number of ether oxygens (including phenoxy) is 1. The van der Waals surface area contributed by atoms with Gasteiger partial charge in [-0.25, -0.2) is 4.79 Å². The van der Waals surface area contributed by atoms with E-state index in [1.165, 1.54) is 29.8 Å². The van der Waals surface area contributed by atoms with Gasteiger partial charge in [-0.2, -0.15) is 0 Å².